The minimum Gasteiger partial charge on any atom is -0.345 e. The third kappa shape index (κ3) is 10.8. The molecule has 9 rings (SSSR count). The molecule has 9 amide bonds. The van der Waals surface area contributed by atoms with Crippen LogP contribution in [0.2, 0.25) is 0 Å². The van der Waals surface area contributed by atoms with E-state index in [4.69, 9.17) is 0 Å². The number of Topliss-reactive ketones (excluding diaryl/α,β-unsaturated/α-hetero) is 1. The Bertz CT molecular complexity index is 2760. The summed E-state index contributed by atoms with van der Waals surface area (Å²) in [5.41, 5.74) is 2.79. The van der Waals surface area contributed by atoms with Crippen molar-refractivity contribution in [2.45, 2.75) is 128 Å². The van der Waals surface area contributed by atoms with Crippen LogP contribution in [-0.2, 0) is 76.4 Å². The number of nitrogens with zero attached hydrogens (tertiary/aromatic N) is 3. The van der Waals surface area contributed by atoms with Gasteiger partial charge >= 0.3 is 18.0 Å². The number of halogens is 3. The van der Waals surface area contributed by atoms with Gasteiger partial charge in [-0.2, -0.15) is 13.2 Å². The highest BCUT2D eigenvalue weighted by Crippen LogP contribution is 2.58. The minimum atomic E-state index is -4.32. The fourth-order valence-electron chi connectivity index (χ4n) is 10.2. The first-order valence-corrected chi connectivity index (χ1v) is 24.1. The van der Waals surface area contributed by atoms with Crippen LogP contribution in [0.15, 0.2) is 60.7 Å². The molecule has 20 heteroatoms. The Balaban J connectivity index is 0.000000194. The first-order valence-electron chi connectivity index (χ1n) is 24.1. The van der Waals surface area contributed by atoms with E-state index in [9.17, 15) is 61.1 Å². The highest BCUT2D eigenvalue weighted by atomic mass is 19.4. The van der Waals surface area contributed by atoms with Crippen LogP contribution in [0.1, 0.15) is 126 Å². The number of likely N-dealkylation sites (tertiary alicyclic amines) is 1. The van der Waals surface area contributed by atoms with Crippen molar-refractivity contribution in [1.29, 1.82) is 0 Å². The van der Waals surface area contributed by atoms with Crippen LogP contribution >= 0.6 is 0 Å². The summed E-state index contributed by atoms with van der Waals surface area (Å²) >= 11 is 0. The van der Waals surface area contributed by atoms with Crippen LogP contribution in [-0.4, -0.2) is 105 Å². The maximum atomic E-state index is 13.3. The summed E-state index contributed by atoms with van der Waals surface area (Å²) in [5.74, 6) is -4.35. The topological polar surface area (TPSA) is 229 Å². The number of hydrogen-bond acceptors (Lipinski definition) is 10. The molecule has 4 fully saturated rings. The van der Waals surface area contributed by atoms with Gasteiger partial charge < -0.3 is 25.3 Å². The van der Waals surface area contributed by atoms with Gasteiger partial charge in [-0.05, 0) is 95.4 Å². The predicted octanol–water partition coefficient (Wildman–Crippen LogP) is 3.82. The fourth-order valence-corrected chi connectivity index (χ4v) is 10.2. The summed E-state index contributed by atoms with van der Waals surface area (Å²) in [6, 6.07) is 14.4. The van der Waals surface area contributed by atoms with E-state index in [1.807, 2.05) is 6.07 Å². The van der Waals surface area contributed by atoms with E-state index in [0.29, 0.717) is 53.2 Å². The van der Waals surface area contributed by atoms with E-state index in [1.54, 1.807) is 35.2 Å². The Kier molecular flexibility index (Phi) is 14.3. The van der Waals surface area contributed by atoms with Crippen LogP contribution in [0.25, 0.3) is 0 Å². The molecule has 0 spiro atoms. The molecule has 4 N–H and O–H groups in total. The zero-order chi connectivity index (χ0) is 51.9. The van der Waals surface area contributed by atoms with Crippen molar-refractivity contribution in [3.05, 3.63) is 105 Å². The Morgan fingerprint density at radius 1 is 0.639 bits per heavy atom. The molecular weight excluding hydrogens is 940 g/mol. The zero-order valence-electron chi connectivity index (χ0n) is 40.2. The molecule has 6 aliphatic rings. The van der Waals surface area contributed by atoms with Crippen molar-refractivity contribution in [2.24, 2.45) is 11.3 Å². The molecule has 17 nitrogen and oxygen atoms in total. The molecule has 0 bridgehead atoms. The molecular formula is C52H56F3N7O10. The van der Waals surface area contributed by atoms with Crippen molar-refractivity contribution in [1.82, 2.24) is 36.0 Å². The lowest BCUT2D eigenvalue weighted by molar-refractivity contribution is -0.160. The average molecular weight is 996 g/mol. The van der Waals surface area contributed by atoms with Gasteiger partial charge in [-0.3, -0.25) is 58.6 Å². The number of amides is 9. The van der Waals surface area contributed by atoms with Crippen molar-refractivity contribution in [3.63, 3.8) is 0 Å². The molecule has 0 radical (unpaired) electrons. The van der Waals surface area contributed by atoms with Crippen molar-refractivity contribution >= 4 is 58.9 Å². The lowest BCUT2D eigenvalue weighted by Crippen LogP contribution is -2.52. The molecule has 5 aliphatic heterocycles. The second-order valence-corrected chi connectivity index (χ2v) is 20.5. The number of rotatable bonds is 10. The second-order valence-electron chi connectivity index (χ2n) is 20.5. The van der Waals surface area contributed by atoms with E-state index in [1.165, 1.54) is 34.1 Å². The van der Waals surface area contributed by atoms with Crippen LogP contribution in [0.5, 0.6) is 0 Å². The molecule has 5 heterocycles. The lowest BCUT2D eigenvalue weighted by Gasteiger charge is -2.38. The fraction of sp³-hybridized carbons (Fsp3) is 0.462. The average Bonchev–Trinajstić information content (AvgIpc) is 4.03. The summed E-state index contributed by atoms with van der Waals surface area (Å²) in [7, 11) is 0. The number of nitrogens with one attached hydrogen (secondary N) is 4. The number of hydrogen-bond donors (Lipinski definition) is 4. The smallest absolute Gasteiger partial charge is 0.345 e. The SMILES string of the molecule is CC(C)(C)C1CCN(C(=O)C(=O)NCc2ccc3c(c2)CN(C2CCC(=O)NC2=O)C3=O)CC1.O=C1CCC(N2Cc3cc(CNC(=O)C(=O)Cc4ccc(C5(C(F)(F)F)CC5)cc4)ccc3C2=O)C(=O)N1. The predicted molar refractivity (Wildman–Crippen MR) is 250 cm³/mol. The van der Waals surface area contributed by atoms with Gasteiger partial charge in [-0.15, -0.1) is 0 Å². The quantitative estimate of drug-likeness (QED) is 0.170. The van der Waals surface area contributed by atoms with Crippen molar-refractivity contribution in [3.8, 4) is 0 Å². The highest BCUT2D eigenvalue weighted by molar-refractivity contribution is 6.36. The number of carbonyl (C=O) groups excluding carboxylic acids is 10. The normalized spacial score (nSPS) is 20.7. The monoisotopic (exact) mass is 995 g/mol. The molecule has 380 valence electrons. The molecule has 72 heavy (non-hydrogen) atoms. The number of carbonyl (C=O) groups is 10. The van der Waals surface area contributed by atoms with Gasteiger partial charge in [-0.25, -0.2) is 0 Å². The summed E-state index contributed by atoms with van der Waals surface area (Å²) in [6.07, 6.45) is -1.77. The van der Waals surface area contributed by atoms with Gasteiger partial charge in [0.1, 0.15) is 12.1 Å². The van der Waals surface area contributed by atoms with E-state index in [-0.39, 0.29) is 99.3 Å². The number of piperidine rings is 3. The van der Waals surface area contributed by atoms with Gasteiger partial charge in [0.2, 0.25) is 29.4 Å². The number of benzene rings is 3. The first-order chi connectivity index (χ1) is 34.0. The van der Waals surface area contributed by atoms with Crippen LogP contribution in [0.3, 0.4) is 0 Å². The van der Waals surface area contributed by atoms with Crippen molar-refractivity contribution in [2.75, 3.05) is 13.1 Å². The van der Waals surface area contributed by atoms with Crippen LogP contribution in [0.4, 0.5) is 13.2 Å². The number of imide groups is 2. The van der Waals surface area contributed by atoms with E-state index >= 15 is 0 Å². The third-order valence-corrected chi connectivity index (χ3v) is 14.7. The van der Waals surface area contributed by atoms with Crippen molar-refractivity contribution < 1.29 is 61.1 Å². The molecule has 3 saturated heterocycles. The summed E-state index contributed by atoms with van der Waals surface area (Å²) in [5, 5.41) is 9.77. The minimum absolute atomic E-state index is 0.0253. The molecule has 2 unspecified atom stereocenters. The summed E-state index contributed by atoms with van der Waals surface area (Å²) in [4.78, 5) is 127. The molecule has 1 aliphatic carbocycles. The maximum absolute atomic E-state index is 13.3. The Labute approximate surface area is 413 Å². The number of fused-ring (bicyclic) bond motifs is 2. The number of ketones is 1. The van der Waals surface area contributed by atoms with E-state index < -0.39 is 59.0 Å². The van der Waals surface area contributed by atoms with Gasteiger partial charge in [0.05, 0.1) is 5.41 Å². The first kappa shape index (κ1) is 51.1. The van der Waals surface area contributed by atoms with Gasteiger partial charge in [-0.1, -0.05) is 69.3 Å². The second kappa shape index (κ2) is 20.1. The van der Waals surface area contributed by atoms with Gasteiger partial charge in [0.15, 0.2) is 0 Å². The Morgan fingerprint density at radius 2 is 1.10 bits per heavy atom. The standard InChI is InChI=1S/C27H24F3N3O5.C25H32N4O5/c28-27(29,30)26(9-10-26)18-4-1-15(2-5-18)12-21(34)24(37)31-13-16-3-6-19-17(11-16)14-33(25(19)38)20-7-8-22(35)32-23(20)36;1-25(2,3)17-8-10-28(11-9-17)24(34)22(32)26-13-15-4-5-18-16(12-15)14-29(23(18)33)19-6-7-20(30)27-21(19)31/h1-6,11,20H,7-10,12-14H2,(H,31,37)(H,32,35,36);4-5,12,17,19H,6-11,13-14H2,1-3H3,(H,26,32)(H,27,30,31). The lowest BCUT2D eigenvalue weighted by atomic mass is 9.75. The number of alkyl halides is 3. The van der Waals surface area contributed by atoms with Gasteiger partial charge in [0, 0.05) is 69.7 Å². The van der Waals surface area contributed by atoms with Gasteiger partial charge in [0.25, 0.3) is 17.7 Å². The molecule has 3 aromatic carbocycles. The maximum Gasteiger partial charge on any atom is 0.398 e. The third-order valence-electron chi connectivity index (χ3n) is 14.7. The molecule has 1 saturated carbocycles. The zero-order valence-corrected chi connectivity index (χ0v) is 40.2. The molecule has 3 aromatic rings. The van der Waals surface area contributed by atoms with E-state index in [2.05, 4.69) is 42.0 Å². The Morgan fingerprint density at radius 3 is 1.53 bits per heavy atom. The van der Waals surface area contributed by atoms with Crippen LogP contribution < -0.4 is 21.3 Å². The molecule has 0 aromatic heterocycles. The Hall–Kier alpha value is -7.25. The summed E-state index contributed by atoms with van der Waals surface area (Å²) in [6.45, 7) is 8.44. The van der Waals surface area contributed by atoms with E-state index in [0.717, 1.165) is 24.0 Å². The van der Waals surface area contributed by atoms with Crippen LogP contribution in [0, 0.1) is 11.3 Å². The summed E-state index contributed by atoms with van der Waals surface area (Å²) < 4.78 is 39.9. The molecule has 2 atom stereocenters. The largest absolute Gasteiger partial charge is 0.398 e. The highest BCUT2D eigenvalue weighted by Gasteiger charge is 2.64.